The van der Waals surface area contributed by atoms with Crippen molar-refractivity contribution in [3.8, 4) is 0 Å². The molecule has 4 atom stereocenters. The monoisotopic (exact) mass is 491 g/mol. The summed E-state index contributed by atoms with van der Waals surface area (Å²) in [6, 6.07) is 17.4. The number of aryl methyl sites for hydroxylation is 1. The minimum absolute atomic E-state index is 0.0809. The first kappa shape index (κ1) is 23.3. The standard InChI is InChI=1S/C31H29N3O3/c1-18-12-14-23-19(17-18)13-15-24-31(20-9-5-6-10-21(20)33-29(31)37)25(27(35)22-11-7-8-16-32-22)26(34(23)24)28(36)30(2,3)4/h5-17,24-26H,1-4H3,(H,33,37)/t24-,25-,26-,31-/m0/s1. The number of nitrogens with zero attached hydrogens (tertiary/aromatic N) is 2. The minimum atomic E-state index is -1.30. The van der Waals surface area contributed by atoms with Gasteiger partial charge in [-0.2, -0.15) is 0 Å². The average molecular weight is 492 g/mol. The summed E-state index contributed by atoms with van der Waals surface area (Å²) < 4.78 is 0. The van der Waals surface area contributed by atoms with Gasteiger partial charge in [0, 0.05) is 23.0 Å². The van der Waals surface area contributed by atoms with E-state index in [1.807, 2.05) is 81.1 Å². The Labute approximate surface area is 216 Å². The van der Waals surface area contributed by atoms with E-state index in [9.17, 15) is 14.4 Å². The van der Waals surface area contributed by atoms with Crippen molar-refractivity contribution in [1.82, 2.24) is 4.98 Å². The van der Waals surface area contributed by atoms with Crippen LogP contribution < -0.4 is 10.2 Å². The number of rotatable bonds is 3. The lowest BCUT2D eigenvalue weighted by molar-refractivity contribution is -0.128. The number of benzene rings is 2. The first-order chi connectivity index (χ1) is 17.7. The molecule has 0 unspecified atom stereocenters. The summed E-state index contributed by atoms with van der Waals surface area (Å²) in [6.45, 7) is 7.64. The first-order valence-electron chi connectivity index (χ1n) is 12.6. The van der Waals surface area contributed by atoms with Crippen LogP contribution in [-0.4, -0.2) is 34.5 Å². The number of para-hydroxylation sites is 1. The van der Waals surface area contributed by atoms with E-state index in [4.69, 9.17) is 0 Å². The van der Waals surface area contributed by atoms with E-state index in [0.717, 1.165) is 22.4 Å². The summed E-state index contributed by atoms with van der Waals surface area (Å²) in [6.07, 6.45) is 5.59. The summed E-state index contributed by atoms with van der Waals surface area (Å²) in [7, 11) is 0. The lowest BCUT2D eigenvalue weighted by Crippen LogP contribution is -2.51. The zero-order valence-corrected chi connectivity index (χ0v) is 21.4. The molecule has 1 N–H and O–H groups in total. The third-order valence-electron chi connectivity index (χ3n) is 8.00. The van der Waals surface area contributed by atoms with Gasteiger partial charge in [-0.25, -0.2) is 0 Å². The molecule has 3 aromatic rings. The third kappa shape index (κ3) is 3.18. The fourth-order valence-electron chi connectivity index (χ4n) is 6.41. The van der Waals surface area contributed by atoms with Crippen molar-refractivity contribution < 1.29 is 14.4 Å². The number of ketones is 2. The minimum Gasteiger partial charge on any atom is -0.352 e. The SMILES string of the molecule is Cc1ccc2c(c1)C=C[C@@H]1N2[C@H](C(=O)C(C)(C)C)[C@@H](C(=O)c2ccccn2)[C@@]12C(=O)Nc1ccccc12. The zero-order chi connectivity index (χ0) is 26.1. The van der Waals surface area contributed by atoms with Gasteiger partial charge in [0.1, 0.15) is 17.2 Å². The molecule has 3 aliphatic rings. The number of carbonyl (C=O) groups excluding carboxylic acids is 3. The number of amides is 1. The van der Waals surface area contributed by atoms with Gasteiger partial charge in [0.25, 0.3) is 0 Å². The van der Waals surface area contributed by atoms with Crippen LogP contribution >= 0.6 is 0 Å². The molecular weight excluding hydrogens is 462 g/mol. The molecule has 37 heavy (non-hydrogen) atoms. The number of fused-ring (bicyclic) bond motifs is 6. The predicted molar refractivity (Wildman–Crippen MR) is 144 cm³/mol. The maximum absolute atomic E-state index is 14.5. The van der Waals surface area contributed by atoms with Crippen molar-refractivity contribution in [2.75, 3.05) is 10.2 Å². The molecule has 1 spiro atoms. The molecule has 1 amide bonds. The number of anilines is 2. The number of carbonyl (C=O) groups is 3. The number of hydrogen-bond donors (Lipinski definition) is 1. The van der Waals surface area contributed by atoms with Gasteiger partial charge in [-0.05, 0) is 48.4 Å². The topological polar surface area (TPSA) is 79.4 Å². The highest BCUT2D eigenvalue weighted by atomic mass is 16.2. The van der Waals surface area contributed by atoms with E-state index >= 15 is 0 Å². The molecule has 0 radical (unpaired) electrons. The van der Waals surface area contributed by atoms with Crippen LogP contribution in [0.1, 0.15) is 48.0 Å². The second-order valence-corrected chi connectivity index (χ2v) is 11.3. The van der Waals surface area contributed by atoms with Gasteiger partial charge in [-0.3, -0.25) is 19.4 Å². The van der Waals surface area contributed by atoms with Crippen molar-refractivity contribution >= 4 is 34.9 Å². The smallest absolute Gasteiger partial charge is 0.238 e. The van der Waals surface area contributed by atoms with Crippen LogP contribution in [0.4, 0.5) is 11.4 Å². The Hall–Kier alpha value is -4.06. The lowest BCUT2D eigenvalue weighted by atomic mass is 9.63. The van der Waals surface area contributed by atoms with Crippen molar-refractivity contribution in [1.29, 1.82) is 0 Å². The summed E-state index contributed by atoms with van der Waals surface area (Å²) >= 11 is 0. The fourth-order valence-corrected chi connectivity index (χ4v) is 6.41. The van der Waals surface area contributed by atoms with Crippen molar-refractivity contribution in [2.24, 2.45) is 11.3 Å². The van der Waals surface area contributed by atoms with E-state index in [1.165, 1.54) is 0 Å². The Kier molecular flexibility index (Phi) is 5.03. The summed E-state index contributed by atoms with van der Waals surface area (Å²) in [4.78, 5) is 49.4. The molecule has 0 aliphatic carbocycles. The molecule has 6 rings (SSSR count). The molecular formula is C31H29N3O3. The number of hydrogen-bond acceptors (Lipinski definition) is 5. The van der Waals surface area contributed by atoms with Gasteiger partial charge in [0.2, 0.25) is 5.91 Å². The number of nitrogens with one attached hydrogen (secondary N) is 1. The molecule has 3 aliphatic heterocycles. The highest BCUT2D eigenvalue weighted by molar-refractivity contribution is 6.16. The van der Waals surface area contributed by atoms with Crippen molar-refractivity contribution in [3.63, 3.8) is 0 Å². The molecule has 6 nitrogen and oxygen atoms in total. The second-order valence-electron chi connectivity index (χ2n) is 11.3. The maximum atomic E-state index is 14.5. The Bertz CT molecular complexity index is 1490. The van der Waals surface area contributed by atoms with Gasteiger partial charge in [-0.1, -0.05) is 68.8 Å². The van der Waals surface area contributed by atoms with Crippen LogP contribution in [0.2, 0.25) is 0 Å². The highest BCUT2D eigenvalue weighted by Crippen LogP contribution is 2.58. The van der Waals surface area contributed by atoms with Gasteiger partial charge < -0.3 is 10.2 Å². The van der Waals surface area contributed by atoms with Crippen LogP contribution in [0, 0.1) is 18.3 Å². The van der Waals surface area contributed by atoms with Crippen LogP contribution in [0.3, 0.4) is 0 Å². The van der Waals surface area contributed by atoms with E-state index in [1.54, 1.807) is 24.4 Å². The molecule has 2 aromatic carbocycles. The van der Waals surface area contributed by atoms with Crippen LogP contribution in [0.5, 0.6) is 0 Å². The van der Waals surface area contributed by atoms with Crippen molar-refractivity contribution in [2.45, 2.75) is 45.2 Å². The first-order valence-corrected chi connectivity index (χ1v) is 12.6. The van der Waals surface area contributed by atoms with Crippen LogP contribution in [0.15, 0.2) is 72.9 Å². The molecule has 186 valence electrons. The second kappa shape index (κ2) is 7.97. The predicted octanol–water partition coefficient (Wildman–Crippen LogP) is 4.98. The van der Waals surface area contributed by atoms with Gasteiger partial charge in [0.15, 0.2) is 11.6 Å². The average Bonchev–Trinajstić information content (AvgIpc) is 3.35. The Balaban J connectivity index is 1.69. The molecule has 0 saturated carbocycles. The maximum Gasteiger partial charge on any atom is 0.238 e. The Morgan fingerprint density at radius 1 is 1.03 bits per heavy atom. The highest BCUT2D eigenvalue weighted by Gasteiger charge is 2.70. The summed E-state index contributed by atoms with van der Waals surface area (Å²) in [5, 5.41) is 3.05. The number of Topliss-reactive ketones (excluding diaryl/α,β-unsaturated/α-hetero) is 2. The Morgan fingerprint density at radius 2 is 1.78 bits per heavy atom. The van der Waals surface area contributed by atoms with E-state index in [0.29, 0.717) is 5.69 Å². The lowest BCUT2D eigenvalue weighted by Gasteiger charge is -2.38. The van der Waals surface area contributed by atoms with Crippen molar-refractivity contribution in [3.05, 3.63) is 95.3 Å². The molecule has 1 saturated heterocycles. The van der Waals surface area contributed by atoms with Crippen LogP contribution in [-0.2, 0) is 15.0 Å². The normalized spacial score (nSPS) is 25.5. The van der Waals surface area contributed by atoms with Crippen LogP contribution in [0.25, 0.3) is 6.08 Å². The summed E-state index contributed by atoms with van der Waals surface area (Å²) in [5.41, 5.74) is 2.55. The van der Waals surface area contributed by atoms with E-state index in [-0.39, 0.29) is 23.2 Å². The molecule has 1 fully saturated rings. The quantitative estimate of drug-likeness (QED) is 0.523. The number of pyridine rings is 1. The zero-order valence-electron chi connectivity index (χ0n) is 21.4. The van der Waals surface area contributed by atoms with Gasteiger partial charge >= 0.3 is 0 Å². The molecule has 4 heterocycles. The summed E-state index contributed by atoms with van der Waals surface area (Å²) in [5.74, 6) is -1.61. The van der Waals surface area contributed by atoms with E-state index < -0.39 is 28.8 Å². The van der Waals surface area contributed by atoms with Gasteiger partial charge in [0.05, 0.1) is 12.0 Å². The van der Waals surface area contributed by atoms with Gasteiger partial charge in [-0.15, -0.1) is 0 Å². The Morgan fingerprint density at radius 3 is 2.51 bits per heavy atom. The fraction of sp³-hybridized carbons (Fsp3) is 0.290. The largest absolute Gasteiger partial charge is 0.352 e. The van der Waals surface area contributed by atoms with E-state index in [2.05, 4.69) is 16.4 Å². The molecule has 1 aromatic heterocycles. The number of aromatic nitrogens is 1. The molecule has 0 bridgehead atoms. The molecule has 6 heteroatoms. The third-order valence-corrected chi connectivity index (χ3v) is 8.00.